The van der Waals surface area contributed by atoms with E-state index in [4.69, 9.17) is 0 Å². The van der Waals surface area contributed by atoms with Crippen molar-refractivity contribution in [2.24, 2.45) is 16.7 Å². The van der Waals surface area contributed by atoms with E-state index in [0.717, 1.165) is 0 Å². The molecule has 0 N–H and O–H groups in total. The molecule has 0 saturated carbocycles. The van der Waals surface area contributed by atoms with Crippen LogP contribution in [-0.2, 0) is 0 Å². The van der Waals surface area contributed by atoms with E-state index < -0.39 is 0 Å². The van der Waals surface area contributed by atoms with Crippen molar-refractivity contribution in [1.82, 2.24) is 0 Å². The molecule has 0 saturated heterocycles. The molecule has 0 aromatic carbocycles. The van der Waals surface area contributed by atoms with Crippen molar-refractivity contribution in [3.05, 3.63) is 23.8 Å². The summed E-state index contributed by atoms with van der Waals surface area (Å²) >= 11 is 0. The lowest BCUT2D eigenvalue weighted by molar-refractivity contribution is 0.288. The third-order valence-corrected chi connectivity index (χ3v) is 3.05. The van der Waals surface area contributed by atoms with Crippen LogP contribution in [0, 0.1) is 16.7 Å². The van der Waals surface area contributed by atoms with Gasteiger partial charge in [0.05, 0.1) is 0 Å². The van der Waals surface area contributed by atoms with Crippen LogP contribution in [0.1, 0.15) is 61.8 Å². The third kappa shape index (κ3) is 4.55. The summed E-state index contributed by atoms with van der Waals surface area (Å²) in [4.78, 5) is 0. The summed E-state index contributed by atoms with van der Waals surface area (Å²) in [7, 11) is 0. The van der Waals surface area contributed by atoms with Gasteiger partial charge in [-0.25, -0.2) is 0 Å². The van der Waals surface area contributed by atoms with Crippen molar-refractivity contribution in [1.29, 1.82) is 0 Å². The zero-order valence-electron chi connectivity index (χ0n) is 12.5. The summed E-state index contributed by atoms with van der Waals surface area (Å²) < 4.78 is 0. The lowest BCUT2D eigenvalue weighted by Crippen LogP contribution is -2.22. The normalized spacial score (nSPS) is 21.0. The van der Waals surface area contributed by atoms with E-state index >= 15 is 0 Å². The van der Waals surface area contributed by atoms with Gasteiger partial charge < -0.3 is 0 Å². The zero-order valence-corrected chi connectivity index (χ0v) is 12.5. The van der Waals surface area contributed by atoms with Crippen molar-refractivity contribution in [3.8, 4) is 0 Å². The Labute approximate surface area is 103 Å². The molecule has 1 aliphatic carbocycles. The van der Waals surface area contributed by atoms with Gasteiger partial charge in [0.15, 0.2) is 0 Å². The molecule has 94 valence electrons. The van der Waals surface area contributed by atoms with Crippen LogP contribution in [-0.4, -0.2) is 0 Å². The van der Waals surface area contributed by atoms with E-state index in [1.54, 1.807) is 0 Å². The highest BCUT2D eigenvalue weighted by Crippen LogP contribution is 2.38. The molecule has 0 radical (unpaired) electrons. The molecule has 0 bridgehead atoms. The van der Waals surface area contributed by atoms with Crippen LogP contribution in [0.2, 0.25) is 0 Å². The molecule has 1 aliphatic rings. The van der Waals surface area contributed by atoms with Crippen LogP contribution < -0.4 is 0 Å². The molecule has 0 amide bonds. The standard InChI is InChI=1S/C14H24.C2H6/c1-13(2,3)11-8-7-9-12(10-11)14(4,5)6;1-2/h7-8,10,12H,9H2,1-6H3;1-2H3. The highest BCUT2D eigenvalue weighted by atomic mass is 14.3. The summed E-state index contributed by atoms with van der Waals surface area (Å²) in [5, 5.41) is 0. The summed E-state index contributed by atoms with van der Waals surface area (Å²) in [5.74, 6) is 0.696. The van der Waals surface area contributed by atoms with Crippen molar-refractivity contribution < 1.29 is 0 Å². The van der Waals surface area contributed by atoms with Gasteiger partial charge in [-0.05, 0) is 28.7 Å². The van der Waals surface area contributed by atoms with Gasteiger partial charge in [-0.15, -0.1) is 0 Å². The fourth-order valence-corrected chi connectivity index (χ4v) is 1.79. The first-order valence-electron chi connectivity index (χ1n) is 6.60. The zero-order chi connectivity index (χ0) is 13.0. The highest BCUT2D eigenvalue weighted by molar-refractivity contribution is 5.29. The summed E-state index contributed by atoms with van der Waals surface area (Å²) in [6, 6.07) is 0. The van der Waals surface area contributed by atoms with E-state index in [2.05, 4.69) is 59.8 Å². The average Bonchev–Trinajstić information content (AvgIpc) is 2.18. The molecule has 0 fully saturated rings. The number of allylic oxidation sites excluding steroid dienone is 4. The lowest BCUT2D eigenvalue weighted by atomic mass is 9.72. The van der Waals surface area contributed by atoms with Gasteiger partial charge in [0.25, 0.3) is 0 Å². The molecule has 0 heterocycles. The first-order chi connectivity index (χ1) is 7.21. The second kappa shape index (κ2) is 5.70. The van der Waals surface area contributed by atoms with E-state index in [-0.39, 0.29) is 0 Å². The average molecular weight is 222 g/mol. The number of hydrogen-bond acceptors (Lipinski definition) is 0. The first kappa shape index (κ1) is 15.5. The van der Waals surface area contributed by atoms with Gasteiger partial charge in [0.2, 0.25) is 0 Å². The molecule has 16 heavy (non-hydrogen) atoms. The topological polar surface area (TPSA) is 0 Å². The van der Waals surface area contributed by atoms with Crippen molar-refractivity contribution in [2.75, 3.05) is 0 Å². The molecular weight excluding hydrogens is 192 g/mol. The molecular formula is C16H30. The quantitative estimate of drug-likeness (QED) is 0.500. The van der Waals surface area contributed by atoms with Gasteiger partial charge in [-0.1, -0.05) is 73.6 Å². The predicted molar refractivity (Wildman–Crippen MR) is 75.6 cm³/mol. The second-order valence-electron chi connectivity index (χ2n) is 6.48. The lowest BCUT2D eigenvalue weighted by Gasteiger charge is -2.33. The Morgan fingerprint density at radius 3 is 1.88 bits per heavy atom. The van der Waals surface area contributed by atoms with Crippen molar-refractivity contribution in [3.63, 3.8) is 0 Å². The van der Waals surface area contributed by atoms with Gasteiger partial charge in [-0.3, -0.25) is 0 Å². The molecule has 0 heteroatoms. The summed E-state index contributed by atoms with van der Waals surface area (Å²) in [5.41, 5.74) is 2.17. The minimum Gasteiger partial charge on any atom is -0.0836 e. The van der Waals surface area contributed by atoms with Crippen molar-refractivity contribution >= 4 is 0 Å². The maximum atomic E-state index is 2.47. The monoisotopic (exact) mass is 222 g/mol. The molecule has 0 aromatic rings. The Bertz CT molecular complexity index is 253. The molecule has 1 unspecified atom stereocenters. The predicted octanol–water partition coefficient (Wildman–Crippen LogP) is 5.61. The van der Waals surface area contributed by atoms with Crippen LogP contribution in [0.4, 0.5) is 0 Å². The van der Waals surface area contributed by atoms with E-state index in [9.17, 15) is 0 Å². The van der Waals surface area contributed by atoms with E-state index in [0.29, 0.717) is 16.7 Å². The van der Waals surface area contributed by atoms with Crippen LogP contribution in [0.5, 0.6) is 0 Å². The second-order valence-corrected chi connectivity index (χ2v) is 6.48. The Morgan fingerprint density at radius 2 is 1.50 bits per heavy atom. The molecule has 0 spiro atoms. The summed E-state index contributed by atoms with van der Waals surface area (Å²) in [6.07, 6.45) is 8.29. The van der Waals surface area contributed by atoms with E-state index in [1.165, 1.54) is 12.0 Å². The summed E-state index contributed by atoms with van der Waals surface area (Å²) in [6.45, 7) is 17.8. The van der Waals surface area contributed by atoms with Gasteiger partial charge in [-0.2, -0.15) is 0 Å². The largest absolute Gasteiger partial charge is 0.0836 e. The maximum Gasteiger partial charge on any atom is -0.0135 e. The minimum absolute atomic E-state index is 0.292. The van der Waals surface area contributed by atoms with E-state index in [1.807, 2.05) is 13.8 Å². The molecule has 1 rings (SSSR count). The minimum atomic E-state index is 0.292. The molecule has 0 nitrogen and oxygen atoms in total. The number of hydrogen-bond donors (Lipinski definition) is 0. The van der Waals surface area contributed by atoms with Gasteiger partial charge in [0.1, 0.15) is 0 Å². The van der Waals surface area contributed by atoms with Crippen LogP contribution in [0.3, 0.4) is 0 Å². The SMILES string of the molecule is CC.CC(C)(C)C1=CC(C(C)(C)C)CC=C1. The smallest absolute Gasteiger partial charge is 0.0135 e. The van der Waals surface area contributed by atoms with Crippen LogP contribution >= 0.6 is 0 Å². The Kier molecular flexibility index (Phi) is 5.52. The van der Waals surface area contributed by atoms with Crippen LogP contribution in [0.25, 0.3) is 0 Å². The van der Waals surface area contributed by atoms with Crippen LogP contribution in [0.15, 0.2) is 23.8 Å². The number of rotatable bonds is 0. The van der Waals surface area contributed by atoms with Crippen molar-refractivity contribution in [2.45, 2.75) is 61.8 Å². The highest BCUT2D eigenvalue weighted by Gasteiger charge is 2.26. The molecule has 0 aliphatic heterocycles. The Morgan fingerprint density at radius 1 is 1.00 bits per heavy atom. The Hall–Kier alpha value is -0.520. The van der Waals surface area contributed by atoms with Gasteiger partial charge >= 0.3 is 0 Å². The van der Waals surface area contributed by atoms with Gasteiger partial charge in [0, 0.05) is 0 Å². The fraction of sp³-hybridized carbons (Fsp3) is 0.750. The Balaban J connectivity index is 0.00000106. The fourth-order valence-electron chi connectivity index (χ4n) is 1.79. The maximum absolute atomic E-state index is 2.47. The molecule has 1 atom stereocenters. The third-order valence-electron chi connectivity index (χ3n) is 3.05. The first-order valence-corrected chi connectivity index (χ1v) is 6.60. The molecule has 0 aromatic heterocycles.